The Bertz CT molecular complexity index is 329. The SMILES string of the molecule is C=CCNC(=O)N1CCN(CCCOCC(F)(F)F)CC1. The van der Waals surface area contributed by atoms with Gasteiger partial charge in [0, 0.05) is 45.9 Å². The summed E-state index contributed by atoms with van der Waals surface area (Å²) in [4.78, 5) is 15.5. The fourth-order valence-electron chi connectivity index (χ4n) is 2.02. The van der Waals surface area contributed by atoms with E-state index in [-0.39, 0.29) is 12.6 Å². The van der Waals surface area contributed by atoms with E-state index in [0.717, 1.165) is 13.1 Å². The molecule has 1 fully saturated rings. The zero-order chi connectivity index (χ0) is 15.7. The molecule has 122 valence electrons. The quantitative estimate of drug-likeness (QED) is 0.572. The maximum Gasteiger partial charge on any atom is 0.411 e. The normalized spacial score (nSPS) is 16.8. The topological polar surface area (TPSA) is 44.8 Å². The zero-order valence-corrected chi connectivity index (χ0v) is 12.0. The summed E-state index contributed by atoms with van der Waals surface area (Å²) >= 11 is 0. The Morgan fingerprint density at radius 3 is 2.52 bits per heavy atom. The molecule has 5 nitrogen and oxygen atoms in total. The molecule has 0 aliphatic carbocycles. The van der Waals surface area contributed by atoms with Crippen LogP contribution in [-0.2, 0) is 4.74 Å². The van der Waals surface area contributed by atoms with Crippen LogP contribution in [0, 0.1) is 0 Å². The van der Waals surface area contributed by atoms with Crippen molar-refractivity contribution < 1.29 is 22.7 Å². The highest BCUT2D eigenvalue weighted by molar-refractivity contribution is 5.74. The molecule has 8 heteroatoms. The second kappa shape index (κ2) is 8.89. The summed E-state index contributed by atoms with van der Waals surface area (Å²) in [6, 6.07) is -0.108. The summed E-state index contributed by atoms with van der Waals surface area (Å²) in [5.41, 5.74) is 0. The van der Waals surface area contributed by atoms with E-state index in [1.165, 1.54) is 0 Å². The van der Waals surface area contributed by atoms with Gasteiger partial charge in [0.1, 0.15) is 6.61 Å². The second-order valence-electron chi connectivity index (χ2n) is 4.82. The van der Waals surface area contributed by atoms with Gasteiger partial charge in [-0.05, 0) is 6.42 Å². The lowest BCUT2D eigenvalue weighted by atomic mass is 10.3. The van der Waals surface area contributed by atoms with Crippen molar-refractivity contribution in [1.82, 2.24) is 15.1 Å². The van der Waals surface area contributed by atoms with E-state index < -0.39 is 12.8 Å². The van der Waals surface area contributed by atoms with Gasteiger partial charge in [0.2, 0.25) is 0 Å². The van der Waals surface area contributed by atoms with E-state index in [4.69, 9.17) is 0 Å². The van der Waals surface area contributed by atoms with Crippen molar-refractivity contribution in [2.24, 2.45) is 0 Å². The van der Waals surface area contributed by atoms with Gasteiger partial charge in [-0.2, -0.15) is 13.2 Å². The van der Waals surface area contributed by atoms with Gasteiger partial charge in [-0.1, -0.05) is 6.08 Å². The van der Waals surface area contributed by atoms with Crippen LogP contribution >= 0.6 is 0 Å². The lowest BCUT2D eigenvalue weighted by Gasteiger charge is -2.34. The summed E-state index contributed by atoms with van der Waals surface area (Å²) in [5.74, 6) is 0. The zero-order valence-electron chi connectivity index (χ0n) is 12.0. The number of hydrogen-bond donors (Lipinski definition) is 1. The van der Waals surface area contributed by atoms with Crippen molar-refractivity contribution in [3.8, 4) is 0 Å². The smallest absolute Gasteiger partial charge is 0.372 e. The first-order valence-corrected chi connectivity index (χ1v) is 6.93. The number of rotatable bonds is 7. The largest absolute Gasteiger partial charge is 0.411 e. The van der Waals surface area contributed by atoms with Gasteiger partial charge in [0.25, 0.3) is 0 Å². The minimum Gasteiger partial charge on any atom is -0.372 e. The highest BCUT2D eigenvalue weighted by Gasteiger charge is 2.27. The number of halogens is 3. The Kier molecular flexibility index (Phi) is 7.52. The maximum absolute atomic E-state index is 11.9. The average Bonchev–Trinajstić information content (AvgIpc) is 2.44. The van der Waals surface area contributed by atoms with Crippen molar-refractivity contribution in [3.63, 3.8) is 0 Å². The van der Waals surface area contributed by atoms with E-state index in [1.807, 2.05) is 0 Å². The van der Waals surface area contributed by atoms with E-state index in [9.17, 15) is 18.0 Å². The fraction of sp³-hybridized carbons (Fsp3) is 0.769. The van der Waals surface area contributed by atoms with E-state index >= 15 is 0 Å². The second-order valence-corrected chi connectivity index (χ2v) is 4.82. The molecule has 0 bridgehead atoms. The van der Waals surface area contributed by atoms with Crippen molar-refractivity contribution in [3.05, 3.63) is 12.7 Å². The van der Waals surface area contributed by atoms with Crippen LogP contribution in [0.3, 0.4) is 0 Å². The number of carbonyl (C=O) groups is 1. The Hall–Kier alpha value is -1.28. The number of nitrogens with one attached hydrogen (secondary N) is 1. The van der Waals surface area contributed by atoms with Crippen molar-refractivity contribution in [2.45, 2.75) is 12.6 Å². The molecule has 0 spiro atoms. The maximum atomic E-state index is 11.9. The molecule has 2 amide bonds. The van der Waals surface area contributed by atoms with Crippen molar-refractivity contribution in [1.29, 1.82) is 0 Å². The van der Waals surface area contributed by atoms with Gasteiger partial charge in [0.05, 0.1) is 0 Å². The molecule has 0 aromatic carbocycles. The van der Waals surface area contributed by atoms with Crippen LogP contribution in [0.5, 0.6) is 0 Å². The van der Waals surface area contributed by atoms with Crippen LogP contribution in [0.1, 0.15) is 6.42 Å². The van der Waals surface area contributed by atoms with Crippen LogP contribution in [0.15, 0.2) is 12.7 Å². The molecule has 21 heavy (non-hydrogen) atoms. The Balaban J connectivity index is 2.08. The minimum atomic E-state index is -4.26. The lowest BCUT2D eigenvalue weighted by molar-refractivity contribution is -0.174. The predicted octanol–water partition coefficient (Wildman–Crippen LogP) is 1.47. The van der Waals surface area contributed by atoms with E-state index in [1.54, 1.807) is 11.0 Å². The third-order valence-corrected chi connectivity index (χ3v) is 3.09. The number of nitrogens with zero attached hydrogens (tertiary/aromatic N) is 2. The first kappa shape index (κ1) is 17.8. The third kappa shape index (κ3) is 7.91. The fourth-order valence-corrected chi connectivity index (χ4v) is 2.02. The number of ether oxygens (including phenoxy) is 1. The minimum absolute atomic E-state index is 0.0968. The van der Waals surface area contributed by atoms with Crippen LogP contribution < -0.4 is 5.32 Å². The van der Waals surface area contributed by atoms with Gasteiger partial charge in [-0.3, -0.25) is 4.90 Å². The molecule has 0 aromatic rings. The summed E-state index contributed by atoms with van der Waals surface area (Å²) in [6.07, 6.45) is -2.09. The first-order valence-electron chi connectivity index (χ1n) is 6.93. The number of hydrogen-bond acceptors (Lipinski definition) is 3. The van der Waals surface area contributed by atoms with Crippen molar-refractivity contribution in [2.75, 3.05) is 52.5 Å². The monoisotopic (exact) mass is 309 g/mol. The molecule has 1 saturated heterocycles. The molecule has 0 atom stereocenters. The summed E-state index contributed by atoms with van der Waals surface area (Å²) in [6.45, 7) is 6.24. The number of alkyl halides is 3. The molecular formula is C13H22F3N3O2. The summed E-state index contributed by atoms with van der Waals surface area (Å²) < 4.78 is 40.1. The molecular weight excluding hydrogens is 287 g/mol. The van der Waals surface area contributed by atoms with Crippen LogP contribution in [0.2, 0.25) is 0 Å². The van der Waals surface area contributed by atoms with Gasteiger partial charge in [-0.15, -0.1) is 6.58 Å². The van der Waals surface area contributed by atoms with Crippen LogP contribution in [0.25, 0.3) is 0 Å². The van der Waals surface area contributed by atoms with Gasteiger partial charge in [-0.25, -0.2) is 4.79 Å². The molecule has 0 aromatic heterocycles. The average molecular weight is 309 g/mol. The van der Waals surface area contributed by atoms with Gasteiger partial charge in [0.15, 0.2) is 0 Å². The molecule has 1 aliphatic heterocycles. The Labute approximate surface area is 122 Å². The Morgan fingerprint density at radius 2 is 1.95 bits per heavy atom. The standard InChI is InChI=1S/C13H22F3N3O2/c1-2-4-17-12(20)19-8-6-18(7-9-19)5-3-10-21-11-13(14,15)16/h2H,1,3-11H2,(H,17,20). The van der Waals surface area contributed by atoms with E-state index in [2.05, 4.69) is 21.5 Å². The lowest BCUT2D eigenvalue weighted by Crippen LogP contribution is -2.51. The highest BCUT2D eigenvalue weighted by atomic mass is 19.4. The molecule has 1 rings (SSSR count). The van der Waals surface area contributed by atoms with Gasteiger partial charge >= 0.3 is 12.2 Å². The predicted molar refractivity (Wildman–Crippen MR) is 73.1 cm³/mol. The molecule has 0 unspecified atom stereocenters. The molecule has 1 heterocycles. The number of carbonyl (C=O) groups excluding carboxylic acids is 1. The van der Waals surface area contributed by atoms with Crippen LogP contribution in [-0.4, -0.2) is 74.5 Å². The number of piperazine rings is 1. The third-order valence-electron chi connectivity index (χ3n) is 3.09. The Morgan fingerprint density at radius 1 is 1.29 bits per heavy atom. The number of amides is 2. The molecule has 1 N–H and O–H groups in total. The molecule has 0 radical (unpaired) electrons. The summed E-state index contributed by atoms with van der Waals surface area (Å²) in [7, 11) is 0. The molecule has 1 aliphatic rings. The van der Waals surface area contributed by atoms with Gasteiger partial charge < -0.3 is 15.0 Å². The van der Waals surface area contributed by atoms with E-state index in [0.29, 0.717) is 32.6 Å². The highest BCUT2D eigenvalue weighted by Crippen LogP contribution is 2.14. The first-order chi connectivity index (χ1) is 9.92. The molecule has 0 saturated carbocycles. The van der Waals surface area contributed by atoms with Crippen molar-refractivity contribution >= 4 is 6.03 Å². The summed E-state index contributed by atoms with van der Waals surface area (Å²) in [5, 5.41) is 2.71. The van der Waals surface area contributed by atoms with Crippen LogP contribution in [0.4, 0.5) is 18.0 Å². The number of urea groups is 1.